The van der Waals surface area contributed by atoms with Gasteiger partial charge in [-0.3, -0.25) is 4.79 Å². The van der Waals surface area contributed by atoms with E-state index in [0.29, 0.717) is 33.9 Å². The lowest BCUT2D eigenvalue weighted by atomic mass is 10.2. The van der Waals surface area contributed by atoms with Crippen molar-refractivity contribution in [2.24, 2.45) is 0 Å². The van der Waals surface area contributed by atoms with Crippen molar-refractivity contribution < 1.29 is 4.79 Å². The fraction of sp³-hybridized carbons (Fsp3) is 0.556. The van der Waals surface area contributed by atoms with Gasteiger partial charge in [0, 0.05) is 19.4 Å². The number of amides is 1. The molecule has 0 bridgehead atoms. The lowest BCUT2D eigenvalue weighted by Crippen LogP contribution is -2.24. The summed E-state index contributed by atoms with van der Waals surface area (Å²) in [5.74, 6) is 0.0250. The van der Waals surface area contributed by atoms with Gasteiger partial charge in [0.05, 0.1) is 5.69 Å². The van der Waals surface area contributed by atoms with Crippen LogP contribution in [0.4, 0.5) is 0 Å². The number of nitrogens with one attached hydrogen (secondary N) is 1. The van der Waals surface area contributed by atoms with Crippen molar-refractivity contribution in [2.75, 3.05) is 6.54 Å². The molecule has 1 amide bonds. The Bertz CT molecular complexity index is 341. The molecule has 0 aliphatic carbocycles. The molecule has 0 radical (unpaired) electrons. The van der Waals surface area contributed by atoms with Gasteiger partial charge in [-0.25, -0.2) is 4.98 Å². The molecule has 84 valence electrons. The average Bonchev–Trinajstić information content (AvgIpc) is 2.51. The lowest BCUT2D eigenvalue weighted by Gasteiger charge is -2.01. The van der Waals surface area contributed by atoms with Crippen LogP contribution in [0.2, 0.25) is 8.80 Å². The van der Waals surface area contributed by atoms with E-state index in [2.05, 4.69) is 10.3 Å². The molecule has 6 heteroatoms. The first-order chi connectivity index (χ1) is 7.13. The lowest BCUT2D eigenvalue weighted by molar-refractivity contribution is -0.121. The van der Waals surface area contributed by atoms with Crippen molar-refractivity contribution in [3.05, 3.63) is 14.5 Å². The first-order valence-electron chi connectivity index (χ1n) is 4.71. The number of aromatic nitrogens is 1. The number of halogens is 2. The largest absolute Gasteiger partial charge is 0.356 e. The molecule has 1 heterocycles. The molecule has 0 spiro atoms. The number of thiazole rings is 1. The Hall–Kier alpha value is -0.320. The van der Waals surface area contributed by atoms with E-state index in [-0.39, 0.29) is 5.91 Å². The van der Waals surface area contributed by atoms with Crippen LogP contribution in [-0.4, -0.2) is 17.4 Å². The number of carbonyl (C=O) groups is 1. The van der Waals surface area contributed by atoms with E-state index in [9.17, 15) is 4.79 Å². The van der Waals surface area contributed by atoms with Crippen LogP contribution in [0.3, 0.4) is 0 Å². The summed E-state index contributed by atoms with van der Waals surface area (Å²) in [6.07, 6.45) is 1.88. The maximum absolute atomic E-state index is 11.3. The zero-order valence-corrected chi connectivity index (χ0v) is 10.7. The van der Waals surface area contributed by atoms with Gasteiger partial charge in [-0.05, 0) is 6.42 Å². The number of rotatable bonds is 5. The fourth-order valence-electron chi connectivity index (χ4n) is 1.04. The summed E-state index contributed by atoms with van der Waals surface area (Å²) in [5, 5.41) is 2.79. The van der Waals surface area contributed by atoms with Crippen molar-refractivity contribution in [3.8, 4) is 0 Å². The zero-order chi connectivity index (χ0) is 11.3. The van der Waals surface area contributed by atoms with E-state index in [0.717, 1.165) is 6.42 Å². The van der Waals surface area contributed by atoms with Gasteiger partial charge >= 0.3 is 0 Å². The highest BCUT2D eigenvalue weighted by Crippen LogP contribution is 2.28. The number of aryl methyl sites for hydroxylation is 1. The molecular formula is C9H12Cl2N2OS. The molecule has 0 aliphatic rings. The van der Waals surface area contributed by atoms with Crippen LogP contribution in [0.25, 0.3) is 0 Å². The van der Waals surface area contributed by atoms with Crippen LogP contribution in [0.1, 0.15) is 25.5 Å². The fourth-order valence-corrected chi connectivity index (χ4v) is 2.42. The molecule has 15 heavy (non-hydrogen) atoms. The maximum Gasteiger partial charge on any atom is 0.220 e. The summed E-state index contributed by atoms with van der Waals surface area (Å²) in [4.78, 5) is 15.3. The number of carbonyl (C=O) groups excluding carboxylic acids is 1. The molecule has 0 atom stereocenters. The summed E-state index contributed by atoms with van der Waals surface area (Å²) in [6, 6.07) is 0. The monoisotopic (exact) mass is 266 g/mol. The van der Waals surface area contributed by atoms with Gasteiger partial charge in [-0.2, -0.15) is 0 Å². The summed E-state index contributed by atoms with van der Waals surface area (Å²) in [5.41, 5.74) is 0.707. The average molecular weight is 267 g/mol. The molecule has 3 nitrogen and oxygen atoms in total. The number of nitrogens with zero attached hydrogens (tertiary/aromatic N) is 1. The van der Waals surface area contributed by atoms with Gasteiger partial charge in [0.25, 0.3) is 0 Å². The molecular weight excluding hydrogens is 255 g/mol. The summed E-state index contributed by atoms with van der Waals surface area (Å²) in [6.45, 7) is 2.72. The minimum Gasteiger partial charge on any atom is -0.356 e. The van der Waals surface area contributed by atoms with Crippen molar-refractivity contribution in [1.29, 1.82) is 0 Å². The zero-order valence-electron chi connectivity index (χ0n) is 8.35. The number of hydrogen-bond donors (Lipinski definition) is 1. The van der Waals surface area contributed by atoms with E-state index >= 15 is 0 Å². The van der Waals surface area contributed by atoms with Gasteiger partial charge in [0.15, 0.2) is 4.47 Å². The number of hydrogen-bond acceptors (Lipinski definition) is 3. The molecule has 1 aromatic rings. The second kappa shape index (κ2) is 6.30. The van der Waals surface area contributed by atoms with Gasteiger partial charge in [0.1, 0.15) is 4.34 Å². The van der Waals surface area contributed by atoms with Crippen LogP contribution in [-0.2, 0) is 11.2 Å². The third-order valence-corrected chi connectivity index (χ3v) is 3.22. The predicted octanol–water partition coefficient (Wildman–Crippen LogP) is 2.91. The van der Waals surface area contributed by atoms with E-state index in [1.54, 1.807) is 0 Å². The van der Waals surface area contributed by atoms with Gasteiger partial charge in [-0.1, -0.05) is 41.5 Å². The second-order valence-corrected chi connectivity index (χ2v) is 5.22. The quantitative estimate of drug-likeness (QED) is 0.891. The van der Waals surface area contributed by atoms with Gasteiger partial charge in [-0.15, -0.1) is 0 Å². The molecule has 0 saturated heterocycles. The summed E-state index contributed by atoms with van der Waals surface area (Å²) in [7, 11) is 0. The molecule has 1 N–H and O–H groups in total. The standard InChI is InChI=1S/C9H12Cl2N2OS/c1-2-5-12-7(14)4-3-6-8(10)15-9(11)13-6/h2-5H2,1H3,(H,12,14). The third-order valence-electron chi connectivity index (χ3n) is 1.78. The molecule has 1 rings (SSSR count). The van der Waals surface area contributed by atoms with Gasteiger partial charge < -0.3 is 5.32 Å². The van der Waals surface area contributed by atoms with E-state index < -0.39 is 0 Å². The molecule has 0 saturated carbocycles. The van der Waals surface area contributed by atoms with Crippen molar-refractivity contribution in [3.63, 3.8) is 0 Å². The SMILES string of the molecule is CCCNC(=O)CCc1nc(Cl)sc1Cl. The Kier molecular flexibility index (Phi) is 5.36. The van der Waals surface area contributed by atoms with E-state index in [1.807, 2.05) is 6.92 Å². The van der Waals surface area contributed by atoms with Crippen LogP contribution >= 0.6 is 34.5 Å². The Morgan fingerprint density at radius 1 is 1.53 bits per heavy atom. The molecule has 0 unspecified atom stereocenters. The minimum atomic E-state index is 0.0250. The molecule has 1 aromatic heterocycles. The smallest absolute Gasteiger partial charge is 0.220 e. The molecule has 0 fully saturated rings. The highest BCUT2D eigenvalue weighted by atomic mass is 35.5. The summed E-state index contributed by atoms with van der Waals surface area (Å²) < 4.78 is 0.993. The predicted molar refractivity (Wildman–Crippen MR) is 63.8 cm³/mol. The molecule has 0 aromatic carbocycles. The summed E-state index contributed by atoms with van der Waals surface area (Å²) >= 11 is 12.8. The Labute approximate surface area is 103 Å². The third kappa shape index (κ3) is 4.36. The first-order valence-corrected chi connectivity index (χ1v) is 6.28. The minimum absolute atomic E-state index is 0.0250. The Balaban J connectivity index is 2.36. The Morgan fingerprint density at radius 2 is 2.27 bits per heavy atom. The second-order valence-electron chi connectivity index (χ2n) is 3.04. The highest BCUT2D eigenvalue weighted by molar-refractivity contribution is 7.19. The first kappa shape index (κ1) is 12.7. The van der Waals surface area contributed by atoms with Crippen LogP contribution < -0.4 is 5.32 Å². The van der Waals surface area contributed by atoms with Crippen molar-refractivity contribution in [1.82, 2.24) is 10.3 Å². The highest BCUT2D eigenvalue weighted by Gasteiger charge is 2.09. The van der Waals surface area contributed by atoms with Crippen LogP contribution in [0, 0.1) is 0 Å². The topological polar surface area (TPSA) is 42.0 Å². The maximum atomic E-state index is 11.3. The van der Waals surface area contributed by atoms with Gasteiger partial charge in [0.2, 0.25) is 5.91 Å². The van der Waals surface area contributed by atoms with Crippen molar-refractivity contribution >= 4 is 40.4 Å². The molecule has 0 aliphatic heterocycles. The van der Waals surface area contributed by atoms with E-state index in [1.165, 1.54) is 11.3 Å². The van der Waals surface area contributed by atoms with E-state index in [4.69, 9.17) is 23.2 Å². The van der Waals surface area contributed by atoms with Crippen molar-refractivity contribution in [2.45, 2.75) is 26.2 Å². The Morgan fingerprint density at radius 3 is 2.80 bits per heavy atom. The van der Waals surface area contributed by atoms with Crippen LogP contribution in [0.5, 0.6) is 0 Å². The van der Waals surface area contributed by atoms with Crippen LogP contribution in [0.15, 0.2) is 0 Å². The normalized spacial score (nSPS) is 10.3.